The highest BCUT2D eigenvalue weighted by Crippen LogP contribution is 2.39. The van der Waals surface area contributed by atoms with Gasteiger partial charge >= 0.3 is 0 Å². The van der Waals surface area contributed by atoms with E-state index in [1.165, 1.54) is 30.6 Å². The first kappa shape index (κ1) is 10.2. The fourth-order valence-electron chi connectivity index (χ4n) is 1.58. The Morgan fingerprint density at radius 3 is 2.40 bits per heavy atom. The van der Waals surface area contributed by atoms with E-state index in [2.05, 4.69) is 0 Å². The summed E-state index contributed by atoms with van der Waals surface area (Å²) >= 11 is 0. The predicted molar refractivity (Wildman–Crippen MR) is 57.5 cm³/mol. The molecule has 1 amide bonds. The monoisotopic (exact) mass is 205 g/mol. The molecule has 80 valence electrons. The lowest BCUT2D eigenvalue weighted by molar-refractivity contribution is -0.0756. The van der Waals surface area contributed by atoms with Gasteiger partial charge in [-0.3, -0.25) is 9.63 Å². The van der Waals surface area contributed by atoms with Crippen molar-refractivity contribution in [3.63, 3.8) is 0 Å². The molecule has 2 rings (SSSR count). The fraction of sp³-hybridized carbons (Fsp3) is 0.417. The SMILES string of the molecule is CON(C)C(=O)c1ccc(C2CC2)cc1. The number of hydrogen-bond acceptors (Lipinski definition) is 2. The van der Waals surface area contributed by atoms with Gasteiger partial charge in [0.1, 0.15) is 0 Å². The number of amides is 1. The van der Waals surface area contributed by atoms with Crippen LogP contribution < -0.4 is 0 Å². The maximum Gasteiger partial charge on any atom is 0.277 e. The van der Waals surface area contributed by atoms with Crippen molar-refractivity contribution in [3.05, 3.63) is 35.4 Å². The first-order chi connectivity index (χ1) is 7.22. The maximum absolute atomic E-state index is 11.7. The van der Waals surface area contributed by atoms with Crippen LogP contribution in [0.3, 0.4) is 0 Å². The van der Waals surface area contributed by atoms with Crippen molar-refractivity contribution in [2.24, 2.45) is 0 Å². The number of hydroxylamine groups is 2. The van der Waals surface area contributed by atoms with Gasteiger partial charge in [-0.25, -0.2) is 5.06 Å². The second kappa shape index (κ2) is 4.03. The van der Waals surface area contributed by atoms with Gasteiger partial charge in [-0.05, 0) is 36.5 Å². The standard InChI is InChI=1S/C12H15NO2/c1-13(15-2)12(14)11-7-5-10(6-8-11)9-3-4-9/h5-9H,3-4H2,1-2H3. The molecule has 15 heavy (non-hydrogen) atoms. The van der Waals surface area contributed by atoms with Crippen LogP contribution in [0.5, 0.6) is 0 Å². The second-order valence-corrected chi connectivity index (χ2v) is 3.88. The molecule has 1 aliphatic rings. The zero-order valence-electron chi connectivity index (χ0n) is 9.06. The molecule has 0 saturated heterocycles. The second-order valence-electron chi connectivity index (χ2n) is 3.88. The quantitative estimate of drug-likeness (QED) is 0.708. The van der Waals surface area contributed by atoms with E-state index in [9.17, 15) is 4.79 Å². The largest absolute Gasteiger partial charge is 0.277 e. The van der Waals surface area contributed by atoms with Crippen LogP contribution in [0.15, 0.2) is 24.3 Å². The zero-order valence-corrected chi connectivity index (χ0v) is 9.06. The number of benzene rings is 1. The molecule has 0 spiro atoms. The van der Waals surface area contributed by atoms with Crippen LogP contribution in [0.25, 0.3) is 0 Å². The smallest absolute Gasteiger partial charge is 0.274 e. The average Bonchev–Trinajstić information content (AvgIpc) is 3.11. The lowest BCUT2D eigenvalue weighted by Gasteiger charge is -2.13. The molecule has 1 aromatic carbocycles. The predicted octanol–water partition coefficient (Wildman–Crippen LogP) is 2.20. The van der Waals surface area contributed by atoms with Crippen molar-refractivity contribution >= 4 is 5.91 Å². The minimum atomic E-state index is -0.111. The van der Waals surface area contributed by atoms with Crippen molar-refractivity contribution in [3.8, 4) is 0 Å². The normalized spacial score (nSPS) is 15.1. The van der Waals surface area contributed by atoms with E-state index in [1.807, 2.05) is 24.3 Å². The van der Waals surface area contributed by atoms with E-state index in [-0.39, 0.29) is 5.91 Å². The first-order valence-corrected chi connectivity index (χ1v) is 5.14. The molecular formula is C12H15NO2. The lowest BCUT2D eigenvalue weighted by atomic mass is 10.1. The van der Waals surface area contributed by atoms with Gasteiger partial charge in [0.25, 0.3) is 5.91 Å². The van der Waals surface area contributed by atoms with E-state index < -0.39 is 0 Å². The van der Waals surface area contributed by atoms with Crippen LogP contribution in [-0.4, -0.2) is 25.1 Å². The Bertz CT molecular complexity index is 354. The Morgan fingerprint density at radius 1 is 1.33 bits per heavy atom. The number of rotatable bonds is 3. The molecule has 1 saturated carbocycles. The molecule has 1 aromatic rings. The number of nitrogens with zero attached hydrogens (tertiary/aromatic N) is 1. The Kier molecular flexibility index (Phi) is 2.73. The van der Waals surface area contributed by atoms with Gasteiger partial charge in [0.2, 0.25) is 0 Å². The lowest BCUT2D eigenvalue weighted by Crippen LogP contribution is -2.25. The molecule has 1 fully saturated rings. The summed E-state index contributed by atoms with van der Waals surface area (Å²) in [5.41, 5.74) is 2.01. The molecule has 0 heterocycles. The highest BCUT2D eigenvalue weighted by molar-refractivity contribution is 5.93. The first-order valence-electron chi connectivity index (χ1n) is 5.14. The minimum absolute atomic E-state index is 0.111. The van der Waals surface area contributed by atoms with E-state index >= 15 is 0 Å². The van der Waals surface area contributed by atoms with Gasteiger partial charge in [0.15, 0.2) is 0 Å². The van der Waals surface area contributed by atoms with Gasteiger partial charge in [-0.2, -0.15) is 0 Å². The highest BCUT2D eigenvalue weighted by atomic mass is 16.7. The van der Waals surface area contributed by atoms with Crippen LogP contribution in [0, 0.1) is 0 Å². The number of carbonyl (C=O) groups excluding carboxylic acids is 1. The Labute approximate surface area is 89.6 Å². The van der Waals surface area contributed by atoms with E-state index in [1.54, 1.807) is 7.05 Å². The topological polar surface area (TPSA) is 29.5 Å². The summed E-state index contributed by atoms with van der Waals surface area (Å²) in [6.45, 7) is 0. The highest BCUT2D eigenvalue weighted by Gasteiger charge is 2.23. The average molecular weight is 205 g/mol. The van der Waals surface area contributed by atoms with Gasteiger partial charge in [0.05, 0.1) is 7.11 Å². The van der Waals surface area contributed by atoms with Crippen LogP contribution in [0.1, 0.15) is 34.7 Å². The van der Waals surface area contributed by atoms with Crippen molar-refractivity contribution < 1.29 is 9.63 Å². The molecule has 0 radical (unpaired) electrons. The fourth-order valence-corrected chi connectivity index (χ4v) is 1.58. The minimum Gasteiger partial charge on any atom is -0.274 e. The Morgan fingerprint density at radius 2 is 1.93 bits per heavy atom. The molecule has 1 aliphatic carbocycles. The Hall–Kier alpha value is -1.35. The third kappa shape index (κ3) is 2.18. The molecule has 0 aliphatic heterocycles. The van der Waals surface area contributed by atoms with Crippen LogP contribution in [0.4, 0.5) is 0 Å². The van der Waals surface area contributed by atoms with Gasteiger partial charge in [-0.1, -0.05) is 12.1 Å². The van der Waals surface area contributed by atoms with E-state index in [0.717, 1.165) is 5.92 Å². The van der Waals surface area contributed by atoms with Crippen LogP contribution in [-0.2, 0) is 4.84 Å². The summed E-state index contributed by atoms with van der Waals surface area (Å²) in [5.74, 6) is 0.620. The Balaban J connectivity index is 2.12. The molecule has 3 nitrogen and oxygen atoms in total. The summed E-state index contributed by atoms with van der Waals surface area (Å²) in [6, 6.07) is 7.81. The van der Waals surface area contributed by atoms with Crippen molar-refractivity contribution in [1.29, 1.82) is 0 Å². The van der Waals surface area contributed by atoms with Crippen LogP contribution in [0.2, 0.25) is 0 Å². The van der Waals surface area contributed by atoms with E-state index in [0.29, 0.717) is 5.56 Å². The van der Waals surface area contributed by atoms with Gasteiger partial charge in [-0.15, -0.1) is 0 Å². The molecular weight excluding hydrogens is 190 g/mol. The van der Waals surface area contributed by atoms with Crippen LogP contribution >= 0.6 is 0 Å². The number of hydrogen-bond donors (Lipinski definition) is 0. The maximum atomic E-state index is 11.7. The molecule has 0 bridgehead atoms. The molecule has 0 N–H and O–H groups in total. The summed E-state index contributed by atoms with van der Waals surface area (Å²) in [4.78, 5) is 16.5. The van der Waals surface area contributed by atoms with Crippen molar-refractivity contribution in [1.82, 2.24) is 5.06 Å². The molecule has 0 unspecified atom stereocenters. The van der Waals surface area contributed by atoms with Gasteiger partial charge < -0.3 is 0 Å². The molecule has 0 atom stereocenters. The summed E-state index contributed by atoms with van der Waals surface area (Å²) in [7, 11) is 3.09. The third-order valence-electron chi connectivity index (χ3n) is 2.77. The zero-order chi connectivity index (χ0) is 10.8. The summed E-state index contributed by atoms with van der Waals surface area (Å²) in [5, 5.41) is 1.23. The van der Waals surface area contributed by atoms with Gasteiger partial charge in [0, 0.05) is 12.6 Å². The van der Waals surface area contributed by atoms with E-state index in [4.69, 9.17) is 4.84 Å². The van der Waals surface area contributed by atoms with Crippen molar-refractivity contribution in [2.45, 2.75) is 18.8 Å². The molecule has 3 heteroatoms. The summed E-state index contributed by atoms with van der Waals surface area (Å²) in [6.07, 6.45) is 2.57. The number of carbonyl (C=O) groups is 1. The molecule has 0 aromatic heterocycles. The third-order valence-corrected chi connectivity index (χ3v) is 2.77. The van der Waals surface area contributed by atoms with Crippen molar-refractivity contribution in [2.75, 3.05) is 14.2 Å². The summed E-state index contributed by atoms with van der Waals surface area (Å²) < 4.78 is 0.